The minimum absolute atomic E-state index is 0.348. The van der Waals surface area contributed by atoms with Gasteiger partial charge in [-0.15, -0.1) is 0 Å². The first-order chi connectivity index (χ1) is 9.49. The molecule has 1 rings (SSSR count). The summed E-state index contributed by atoms with van der Waals surface area (Å²) in [4.78, 5) is 23.7. The maximum Gasteiger partial charge on any atom is 0.328 e. The minimum Gasteiger partial charge on any atom is -0.467 e. The molecule has 1 aromatic carbocycles. The van der Waals surface area contributed by atoms with Crippen molar-refractivity contribution in [2.45, 2.75) is 19.4 Å². The monoisotopic (exact) mass is 280 g/mol. The zero-order valence-electron chi connectivity index (χ0n) is 11.9. The van der Waals surface area contributed by atoms with Crippen LogP contribution in [0.2, 0.25) is 0 Å². The number of anilines is 1. The zero-order chi connectivity index (χ0) is 15.1. The average molecular weight is 280 g/mol. The average Bonchev–Trinajstić information content (AvgIpc) is 2.45. The van der Waals surface area contributed by atoms with Crippen LogP contribution in [0.3, 0.4) is 0 Å². The van der Waals surface area contributed by atoms with Gasteiger partial charge in [0.1, 0.15) is 6.04 Å². The Bertz CT molecular complexity index is 488. The van der Waals surface area contributed by atoms with E-state index in [0.29, 0.717) is 24.3 Å². The number of aryl methyl sites for hydroxylation is 1. The van der Waals surface area contributed by atoms with Crippen molar-refractivity contribution >= 4 is 17.6 Å². The second-order valence-corrected chi connectivity index (χ2v) is 4.40. The van der Waals surface area contributed by atoms with E-state index >= 15 is 0 Å². The molecule has 0 saturated carbocycles. The smallest absolute Gasteiger partial charge is 0.328 e. The maximum atomic E-state index is 12.1. The second kappa shape index (κ2) is 7.49. The van der Waals surface area contributed by atoms with Gasteiger partial charge in [-0.05, 0) is 30.7 Å². The molecule has 1 amide bonds. The number of nitrogens with one attached hydrogen (secondary N) is 1. The Morgan fingerprint density at radius 1 is 1.35 bits per heavy atom. The molecule has 110 valence electrons. The fourth-order valence-corrected chi connectivity index (χ4v) is 1.69. The molecule has 0 saturated heterocycles. The lowest BCUT2D eigenvalue weighted by Crippen LogP contribution is -2.42. The van der Waals surface area contributed by atoms with Crippen molar-refractivity contribution in [1.29, 1.82) is 0 Å². The van der Waals surface area contributed by atoms with Crippen LogP contribution in [0.4, 0.5) is 5.69 Å². The van der Waals surface area contributed by atoms with Crippen LogP contribution in [-0.2, 0) is 14.3 Å². The lowest BCUT2D eigenvalue weighted by Gasteiger charge is -2.16. The van der Waals surface area contributed by atoms with Crippen molar-refractivity contribution in [2.24, 2.45) is 0 Å². The number of nitrogen functional groups attached to an aromatic ring is 1. The van der Waals surface area contributed by atoms with Crippen LogP contribution in [-0.4, -0.2) is 38.7 Å². The van der Waals surface area contributed by atoms with Crippen molar-refractivity contribution < 1.29 is 19.1 Å². The Balaban J connectivity index is 2.78. The van der Waals surface area contributed by atoms with E-state index in [1.165, 1.54) is 14.2 Å². The standard InChI is InChI=1S/C14H20N2O4/c1-9-8-10(4-5-11(9)15)13(17)16-12(6-7-19-2)14(18)20-3/h4-5,8,12H,6-7,15H2,1-3H3,(H,16,17)/t12-/m0/s1. The first-order valence-corrected chi connectivity index (χ1v) is 6.23. The normalized spacial score (nSPS) is 11.8. The summed E-state index contributed by atoms with van der Waals surface area (Å²) < 4.78 is 9.57. The summed E-state index contributed by atoms with van der Waals surface area (Å²) in [6, 6.07) is 4.22. The quantitative estimate of drug-likeness (QED) is 0.596. The number of amides is 1. The van der Waals surface area contributed by atoms with Crippen LogP contribution in [0.15, 0.2) is 18.2 Å². The molecule has 0 aliphatic rings. The molecule has 6 heteroatoms. The van der Waals surface area contributed by atoms with Crippen LogP contribution in [0.25, 0.3) is 0 Å². The van der Waals surface area contributed by atoms with Crippen LogP contribution in [0, 0.1) is 6.92 Å². The topological polar surface area (TPSA) is 90.6 Å². The van der Waals surface area contributed by atoms with E-state index in [4.69, 9.17) is 10.5 Å². The highest BCUT2D eigenvalue weighted by molar-refractivity contribution is 5.97. The fraction of sp³-hybridized carbons (Fsp3) is 0.429. The SMILES string of the molecule is COCC[C@H](NC(=O)c1ccc(N)c(C)c1)C(=O)OC. The number of hydrogen-bond acceptors (Lipinski definition) is 5. The van der Waals surface area contributed by atoms with E-state index in [1.54, 1.807) is 18.2 Å². The number of benzene rings is 1. The van der Waals surface area contributed by atoms with Crippen molar-refractivity contribution in [3.05, 3.63) is 29.3 Å². The van der Waals surface area contributed by atoms with Gasteiger partial charge >= 0.3 is 5.97 Å². The van der Waals surface area contributed by atoms with E-state index in [0.717, 1.165) is 5.56 Å². The van der Waals surface area contributed by atoms with Gasteiger partial charge in [0, 0.05) is 31.4 Å². The number of nitrogens with two attached hydrogens (primary N) is 1. The molecule has 0 spiro atoms. The maximum absolute atomic E-state index is 12.1. The summed E-state index contributed by atoms with van der Waals surface area (Å²) in [5, 5.41) is 2.63. The molecular weight excluding hydrogens is 260 g/mol. The van der Waals surface area contributed by atoms with Gasteiger partial charge in [-0.2, -0.15) is 0 Å². The number of hydrogen-bond donors (Lipinski definition) is 2. The lowest BCUT2D eigenvalue weighted by atomic mass is 10.1. The third-order valence-electron chi connectivity index (χ3n) is 2.93. The van der Waals surface area contributed by atoms with Gasteiger partial charge in [-0.1, -0.05) is 0 Å². The van der Waals surface area contributed by atoms with E-state index in [2.05, 4.69) is 10.1 Å². The van der Waals surface area contributed by atoms with Gasteiger partial charge in [0.05, 0.1) is 7.11 Å². The first-order valence-electron chi connectivity index (χ1n) is 6.23. The Labute approximate surface area is 118 Å². The van der Waals surface area contributed by atoms with Crippen LogP contribution in [0.5, 0.6) is 0 Å². The highest BCUT2D eigenvalue weighted by Gasteiger charge is 2.21. The molecule has 0 heterocycles. The van der Waals surface area contributed by atoms with Crippen molar-refractivity contribution in [3.8, 4) is 0 Å². The molecule has 1 atom stereocenters. The van der Waals surface area contributed by atoms with Crippen LogP contribution < -0.4 is 11.1 Å². The number of methoxy groups -OCH3 is 2. The molecule has 1 aromatic rings. The largest absolute Gasteiger partial charge is 0.467 e. The molecule has 0 aliphatic heterocycles. The van der Waals surface area contributed by atoms with Gasteiger partial charge in [-0.3, -0.25) is 4.79 Å². The molecule has 0 fully saturated rings. The Morgan fingerprint density at radius 3 is 2.60 bits per heavy atom. The number of ether oxygens (including phenoxy) is 2. The predicted octanol–water partition coefficient (Wildman–Crippen LogP) is 0.885. The van der Waals surface area contributed by atoms with Gasteiger partial charge in [0.15, 0.2) is 0 Å². The molecule has 0 aliphatic carbocycles. The van der Waals surface area contributed by atoms with Gasteiger partial charge in [0.25, 0.3) is 5.91 Å². The van der Waals surface area contributed by atoms with E-state index < -0.39 is 12.0 Å². The fourth-order valence-electron chi connectivity index (χ4n) is 1.69. The molecule has 6 nitrogen and oxygen atoms in total. The molecule has 20 heavy (non-hydrogen) atoms. The van der Waals surface area contributed by atoms with Crippen LogP contribution >= 0.6 is 0 Å². The summed E-state index contributed by atoms with van der Waals surface area (Å²) in [5.41, 5.74) is 7.58. The van der Waals surface area contributed by atoms with Crippen molar-refractivity contribution in [1.82, 2.24) is 5.32 Å². The number of esters is 1. The number of rotatable bonds is 6. The molecule has 0 bridgehead atoms. The summed E-state index contributed by atoms with van der Waals surface area (Å²) in [5.74, 6) is -0.845. The number of carbonyl (C=O) groups excluding carboxylic acids is 2. The highest BCUT2D eigenvalue weighted by atomic mass is 16.5. The zero-order valence-corrected chi connectivity index (χ0v) is 11.9. The summed E-state index contributed by atoms with van der Waals surface area (Å²) >= 11 is 0. The predicted molar refractivity (Wildman–Crippen MR) is 75.4 cm³/mol. The van der Waals surface area contributed by atoms with E-state index in [-0.39, 0.29) is 5.91 Å². The van der Waals surface area contributed by atoms with Gasteiger partial charge < -0.3 is 20.5 Å². The van der Waals surface area contributed by atoms with E-state index in [1.807, 2.05) is 6.92 Å². The minimum atomic E-state index is -0.731. The molecule has 0 aromatic heterocycles. The van der Waals surface area contributed by atoms with Gasteiger partial charge in [0.2, 0.25) is 0 Å². The first kappa shape index (κ1) is 16.0. The molecular formula is C14H20N2O4. The second-order valence-electron chi connectivity index (χ2n) is 4.40. The Morgan fingerprint density at radius 2 is 2.05 bits per heavy atom. The van der Waals surface area contributed by atoms with Crippen molar-refractivity contribution in [3.63, 3.8) is 0 Å². The Kier molecular flexibility index (Phi) is 5.99. The molecule has 0 radical (unpaired) electrons. The third kappa shape index (κ3) is 4.24. The highest BCUT2D eigenvalue weighted by Crippen LogP contribution is 2.13. The summed E-state index contributed by atoms with van der Waals surface area (Å²) in [6.45, 7) is 2.16. The lowest BCUT2D eigenvalue weighted by molar-refractivity contribution is -0.143. The third-order valence-corrected chi connectivity index (χ3v) is 2.93. The molecule has 0 unspecified atom stereocenters. The van der Waals surface area contributed by atoms with E-state index in [9.17, 15) is 9.59 Å². The van der Waals surface area contributed by atoms with Crippen LogP contribution in [0.1, 0.15) is 22.3 Å². The molecule has 3 N–H and O–H groups in total. The van der Waals surface area contributed by atoms with Gasteiger partial charge in [-0.25, -0.2) is 4.79 Å². The summed E-state index contributed by atoms with van der Waals surface area (Å²) in [6.07, 6.45) is 0.350. The number of carbonyl (C=O) groups is 2. The van der Waals surface area contributed by atoms with Crippen molar-refractivity contribution in [2.75, 3.05) is 26.6 Å². The Hall–Kier alpha value is -2.08. The summed E-state index contributed by atoms with van der Waals surface area (Å²) in [7, 11) is 2.81.